The van der Waals surface area contributed by atoms with E-state index in [0.29, 0.717) is 36.6 Å². The second kappa shape index (κ2) is 7.36. The van der Waals surface area contributed by atoms with Crippen LogP contribution in [0.5, 0.6) is 0 Å². The lowest BCUT2D eigenvalue weighted by molar-refractivity contribution is 0.410. The molecule has 0 fully saturated rings. The van der Waals surface area contributed by atoms with Crippen LogP contribution in [0.4, 0.5) is 17.8 Å². The maximum Gasteiger partial charge on any atom is 0.231 e. The Morgan fingerprint density at radius 3 is 2.52 bits per heavy atom. The Hall–Kier alpha value is -2.45. The van der Waals surface area contributed by atoms with Crippen LogP contribution in [0.25, 0.3) is 0 Å². The Balaban J connectivity index is 2.05. The summed E-state index contributed by atoms with van der Waals surface area (Å²) in [6, 6.07) is 0. The Kier molecular flexibility index (Phi) is 5.24. The Labute approximate surface area is 123 Å². The number of aromatic nitrogens is 5. The topological polar surface area (TPSA) is 105 Å². The molecule has 0 bridgehead atoms. The molecule has 0 radical (unpaired) electrons. The minimum absolute atomic E-state index is 0.528. The second-order valence-electron chi connectivity index (χ2n) is 4.23. The molecule has 9 nitrogen and oxygen atoms in total. The van der Waals surface area contributed by atoms with Crippen LogP contribution in [0.2, 0.25) is 0 Å². The predicted octanol–water partition coefficient (Wildman–Crippen LogP) is 0.797. The molecule has 2 aromatic rings. The first-order valence-electron chi connectivity index (χ1n) is 6.94. The minimum Gasteiger partial charge on any atom is -0.357 e. The van der Waals surface area contributed by atoms with Gasteiger partial charge in [-0.15, -0.1) is 0 Å². The van der Waals surface area contributed by atoms with Crippen LogP contribution < -0.4 is 15.5 Å². The smallest absolute Gasteiger partial charge is 0.231 e. The molecule has 2 heterocycles. The minimum atomic E-state index is 0.528. The maximum absolute atomic E-state index is 4.69. The predicted molar refractivity (Wildman–Crippen MR) is 79.4 cm³/mol. The molecule has 0 saturated carbocycles. The van der Waals surface area contributed by atoms with Crippen LogP contribution >= 0.6 is 0 Å². The fourth-order valence-corrected chi connectivity index (χ4v) is 1.79. The molecule has 21 heavy (non-hydrogen) atoms. The van der Waals surface area contributed by atoms with Gasteiger partial charge in [0.15, 0.2) is 5.82 Å². The number of hydrogen-bond donors (Lipinski definition) is 2. The summed E-state index contributed by atoms with van der Waals surface area (Å²) in [5, 5.41) is 9.85. The van der Waals surface area contributed by atoms with Gasteiger partial charge in [0.2, 0.25) is 24.2 Å². The molecular weight excluding hydrogens is 272 g/mol. The van der Waals surface area contributed by atoms with E-state index in [1.807, 2.05) is 0 Å². The van der Waals surface area contributed by atoms with Gasteiger partial charge in [-0.25, -0.2) is 0 Å². The van der Waals surface area contributed by atoms with Gasteiger partial charge < -0.3 is 20.1 Å². The zero-order chi connectivity index (χ0) is 15.1. The van der Waals surface area contributed by atoms with Gasteiger partial charge in [0.25, 0.3) is 0 Å². The normalized spacial score (nSPS) is 10.4. The molecule has 9 heteroatoms. The summed E-state index contributed by atoms with van der Waals surface area (Å²) < 4.78 is 4.69. The molecule has 0 amide bonds. The van der Waals surface area contributed by atoms with Crippen LogP contribution in [0.15, 0.2) is 10.9 Å². The lowest BCUT2D eigenvalue weighted by Crippen LogP contribution is -2.25. The molecule has 0 atom stereocenters. The highest BCUT2D eigenvalue weighted by molar-refractivity contribution is 5.43. The van der Waals surface area contributed by atoms with Crippen molar-refractivity contribution in [2.45, 2.75) is 20.3 Å². The molecule has 2 rings (SSSR count). The van der Waals surface area contributed by atoms with Crippen LogP contribution in [0.3, 0.4) is 0 Å². The highest BCUT2D eigenvalue weighted by Crippen LogP contribution is 2.13. The van der Waals surface area contributed by atoms with E-state index in [1.54, 1.807) is 7.05 Å². The standard InChI is InChI=1S/C12H20N8O/c1-4-20(5-2)12-17-10(13-3)16-11(18-12)14-7-6-9-15-8-21-19-9/h8H,4-7H2,1-3H3,(H2,13,14,16,17,18). The van der Waals surface area contributed by atoms with Gasteiger partial charge >= 0.3 is 0 Å². The molecule has 0 saturated heterocycles. The molecule has 0 unspecified atom stereocenters. The lowest BCUT2D eigenvalue weighted by Gasteiger charge is -2.19. The zero-order valence-electron chi connectivity index (χ0n) is 12.5. The summed E-state index contributed by atoms with van der Waals surface area (Å²) in [5.74, 6) is 2.37. The first kappa shape index (κ1) is 14.9. The number of nitrogens with one attached hydrogen (secondary N) is 2. The number of anilines is 3. The van der Waals surface area contributed by atoms with Crippen molar-refractivity contribution in [1.82, 2.24) is 25.1 Å². The third-order valence-electron chi connectivity index (χ3n) is 2.93. The van der Waals surface area contributed by atoms with E-state index in [9.17, 15) is 0 Å². The van der Waals surface area contributed by atoms with Gasteiger partial charge in [-0.3, -0.25) is 0 Å². The van der Waals surface area contributed by atoms with E-state index in [1.165, 1.54) is 6.39 Å². The molecule has 0 aliphatic carbocycles. The van der Waals surface area contributed by atoms with E-state index in [-0.39, 0.29) is 0 Å². The quantitative estimate of drug-likeness (QED) is 0.730. The Bertz CT molecular complexity index is 540. The summed E-state index contributed by atoms with van der Waals surface area (Å²) in [4.78, 5) is 19.1. The van der Waals surface area contributed by atoms with Crippen molar-refractivity contribution in [1.29, 1.82) is 0 Å². The van der Waals surface area contributed by atoms with Crippen LogP contribution in [-0.4, -0.2) is 51.8 Å². The van der Waals surface area contributed by atoms with Crippen LogP contribution in [0.1, 0.15) is 19.7 Å². The summed E-state index contributed by atoms with van der Waals surface area (Å²) >= 11 is 0. The van der Waals surface area contributed by atoms with Gasteiger partial charge in [0.05, 0.1) is 0 Å². The molecule has 0 aliphatic heterocycles. The van der Waals surface area contributed by atoms with Gasteiger partial charge in [0, 0.05) is 33.1 Å². The molecule has 0 aromatic carbocycles. The summed E-state index contributed by atoms with van der Waals surface area (Å²) in [7, 11) is 1.78. The van der Waals surface area contributed by atoms with Crippen molar-refractivity contribution >= 4 is 17.8 Å². The molecule has 2 aromatic heterocycles. The number of hydrogen-bond acceptors (Lipinski definition) is 9. The van der Waals surface area contributed by atoms with Gasteiger partial charge in [-0.2, -0.15) is 19.9 Å². The SMILES string of the molecule is CCN(CC)c1nc(NC)nc(NCCc2ncon2)n1. The number of nitrogens with zero attached hydrogens (tertiary/aromatic N) is 6. The van der Waals surface area contributed by atoms with E-state index < -0.39 is 0 Å². The van der Waals surface area contributed by atoms with Crippen molar-refractivity contribution in [3.8, 4) is 0 Å². The monoisotopic (exact) mass is 292 g/mol. The highest BCUT2D eigenvalue weighted by Gasteiger charge is 2.10. The first-order valence-corrected chi connectivity index (χ1v) is 6.94. The molecule has 114 valence electrons. The van der Waals surface area contributed by atoms with Gasteiger partial charge in [-0.05, 0) is 13.8 Å². The summed E-state index contributed by atoms with van der Waals surface area (Å²) in [5.41, 5.74) is 0. The molecule has 0 spiro atoms. The lowest BCUT2D eigenvalue weighted by atomic mass is 10.4. The van der Waals surface area contributed by atoms with E-state index in [0.717, 1.165) is 13.1 Å². The Morgan fingerprint density at radius 2 is 1.90 bits per heavy atom. The average Bonchev–Trinajstić information content (AvgIpc) is 3.01. The van der Waals surface area contributed by atoms with E-state index in [2.05, 4.69) is 59.0 Å². The van der Waals surface area contributed by atoms with E-state index in [4.69, 9.17) is 0 Å². The summed E-state index contributed by atoms with van der Waals surface area (Å²) in [6.45, 7) is 6.42. The average molecular weight is 292 g/mol. The third kappa shape index (κ3) is 4.01. The fraction of sp³-hybridized carbons (Fsp3) is 0.583. The fourth-order valence-electron chi connectivity index (χ4n) is 1.79. The zero-order valence-corrected chi connectivity index (χ0v) is 12.5. The molecule has 2 N–H and O–H groups in total. The Morgan fingerprint density at radius 1 is 1.14 bits per heavy atom. The highest BCUT2D eigenvalue weighted by atomic mass is 16.5. The van der Waals surface area contributed by atoms with Gasteiger partial charge in [0.1, 0.15) is 0 Å². The second-order valence-corrected chi connectivity index (χ2v) is 4.23. The third-order valence-corrected chi connectivity index (χ3v) is 2.93. The number of rotatable bonds is 8. The van der Waals surface area contributed by atoms with Gasteiger partial charge in [-0.1, -0.05) is 5.16 Å². The maximum atomic E-state index is 4.69. The van der Waals surface area contributed by atoms with Crippen LogP contribution in [-0.2, 0) is 6.42 Å². The van der Waals surface area contributed by atoms with Crippen molar-refractivity contribution in [3.63, 3.8) is 0 Å². The van der Waals surface area contributed by atoms with Crippen molar-refractivity contribution in [3.05, 3.63) is 12.2 Å². The molecule has 0 aliphatic rings. The summed E-state index contributed by atoms with van der Waals surface area (Å²) in [6.07, 6.45) is 1.95. The van der Waals surface area contributed by atoms with Crippen molar-refractivity contribution < 1.29 is 4.52 Å². The van der Waals surface area contributed by atoms with Crippen molar-refractivity contribution in [2.24, 2.45) is 0 Å². The van der Waals surface area contributed by atoms with Crippen molar-refractivity contribution in [2.75, 3.05) is 42.2 Å². The van der Waals surface area contributed by atoms with Crippen LogP contribution in [0, 0.1) is 0 Å². The first-order chi connectivity index (χ1) is 10.3. The van der Waals surface area contributed by atoms with E-state index >= 15 is 0 Å². The largest absolute Gasteiger partial charge is 0.357 e. The molecular formula is C12H20N8O.